The Morgan fingerprint density at radius 2 is 2.15 bits per heavy atom. The molecule has 2 heterocycles. The van der Waals surface area contributed by atoms with Crippen LogP contribution >= 0.6 is 11.3 Å². The summed E-state index contributed by atoms with van der Waals surface area (Å²) in [7, 11) is 0. The van der Waals surface area contributed by atoms with E-state index in [4.69, 9.17) is 0 Å². The van der Waals surface area contributed by atoms with E-state index in [-0.39, 0.29) is 6.10 Å². The Morgan fingerprint density at radius 1 is 1.35 bits per heavy atom. The number of aliphatic hydroxyl groups excluding tert-OH is 1. The molecule has 2 aliphatic rings. The highest BCUT2D eigenvalue weighted by molar-refractivity contribution is 7.13. The van der Waals surface area contributed by atoms with Gasteiger partial charge in [0.05, 0.1) is 11.8 Å². The number of rotatable bonds is 4. The van der Waals surface area contributed by atoms with Crippen molar-refractivity contribution in [1.29, 1.82) is 0 Å². The van der Waals surface area contributed by atoms with Crippen LogP contribution in [0.25, 0.3) is 0 Å². The molecular weight excluding hydrogens is 270 g/mol. The molecule has 1 aliphatic carbocycles. The number of anilines is 1. The summed E-state index contributed by atoms with van der Waals surface area (Å²) in [5.41, 5.74) is 1.13. The van der Waals surface area contributed by atoms with Gasteiger partial charge in [0, 0.05) is 31.1 Å². The zero-order chi connectivity index (χ0) is 13.9. The number of nitrogens with zero attached hydrogens (tertiary/aromatic N) is 2. The molecule has 2 atom stereocenters. The van der Waals surface area contributed by atoms with Gasteiger partial charge in [-0.2, -0.15) is 0 Å². The molecular formula is C15H25N3OS. The highest BCUT2D eigenvalue weighted by Crippen LogP contribution is 2.26. The fraction of sp³-hybridized carbons (Fsp3) is 0.800. The van der Waals surface area contributed by atoms with Crippen molar-refractivity contribution in [2.45, 2.75) is 51.2 Å². The van der Waals surface area contributed by atoms with Crippen molar-refractivity contribution < 1.29 is 5.11 Å². The molecule has 1 saturated carbocycles. The van der Waals surface area contributed by atoms with Crippen molar-refractivity contribution in [2.24, 2.45) is 5.92 Å². The summed E-state index contributed by atoms with van der Waals surface area (Å²) >= 11 is 1.75. The molecule has 0 bridgehead atoms. The zero-order valence-corrected chi connectivity index (χ0v) is 13.0. The van der Waals surface area contributed by atoms with Gasteiger partial charge in [-0.25, -0.2) is 4.98 Å². The van der Waals surface area contributed by atoms with E-state index in [9.17, 15) is 5.11 Å². The Balaban J connectivity index is 1.42. The van der Waals surface area contributed by atoms with Crippen LogP contribution in [0.15, 0.2) is 5.38 Å². The van der Waals surface area contributed by atoms with Gasteiger partial charge in [-0.05, 0) is 38.5 Å². The van der Waals surface area contributed by atoms with Gasteiger partial charge in [-0.3, -0.25) is 0 Å². The maximum atomic E-state index is 9.86. The minimum absolute atomic E-state index is 0.0686. The average Bonchev–Trinajstić information content (AvgIpc) is 3.06. The molecule has 1 aromatic heterocycles. The first-order valence-electron chi connectivity index (χ1n) is 7.81. The molecule has 1 aromatic rings. The normalized spacial score (nSPS) is 28.2. The predicted molar refractivity (Wildman–Crippen MR) is 83.4 cm³/mol. The molecule has 0 aromatic carbocycles. The van der Waals surface area contributed by atoms with E-state index in [0.717, 1.165) is 31.7 Å². The molecule has 0 spiro atoms. The second-order valence-corrected chi connectivity index (χ2v) is 7.04. The summed E-state index contributed by atoms with van der Waals surface area (Å²) in [6.07, 6.45) is 5.67. The first-order chi connectivity index (χ1) is 9.72. The summed E-state index contributed by atoms with van der Waals surface area (Å²) in [4.78, 5) is 6.97. The summed E-state index contributed by atoms with van der Waals surface area (Å²) in [5, 5.41) is 16.8. The quantitative estimate of drug-likeness (QED) is 0.894. The van der Waals surface area contributed by atoms with Gasteiger partial charge in [0.2, 0.25) is 0 Å². The van der Waals surface area contributed by atoms with E-state index < -0.39 is 0 Å². The number of hydrogen-bond donors (Lipinski definition) is 2. The molecule has 2 N–H and O–H groups in total. The molecule has 20 heavy (non-hydrogen) atoms. The smallest absolute Gasteiger partial charge is 0.185 e. The zero-order valence-electron chi connectivity index (χ0n) is 12.2. The van der Waals surface area contributed by atoms with E-state index in [1.807, 2.05) is 0 Å². The number of aromatic nitrogens is 1. The Bertz CT molecular complexity index is 429. The van der Waals surface area contributed by atoms with Crippen LogP contribution in [0.3, 0.4) is 0 Å². The van der Waals surface area contributed by atoms with Crippen LogP contribution in [0.1, 0.15) is 37.8 Å². The predicted octanol–water partition coefficient (Wildman–Crippen LogP) is 2.17. The molecule has 5 heteroatoms. The molecule has 112 valence electrons. The van der Waals surface area contributed by atoms with E-state index >= 15 is 0 Å². The molecule has 0 radical (unpaired) electrons. The number of thiazole rings is 1. The molecule has 3 rings (SSSR count). The Hall–Kier alpha value is -0.650. The topological polar surface area (TPSA) is 48.4 Å². The van der Waals surface area contributed by atoms with Crippen molar-refractivity contribution in [3.05, 3.63) is 11.1 Å². The molecule has 4 nitrogen and oxygen atoms in total. The SMILES string of the molecule is Cc1csc(N2CCC(NCC3CCCC3O)CC2)n1. The van der Waals surface area contributed by atoms with E-state index in [2.05, 4.69) is 27.5 Å². The molecule has 2 unspecified atom stereocenters. The Morgan fingerprint density at radius 3 is 2.75 bits per heavy atom. The van der Waals surface area contributed by atoms with Crippen LogP contribution in [0.2, 0.25) is 0 Å². The molecule has 1 aliphatic heterocycles. The lowest BCUT2D eigenvalue weighted by Gasteiger charge is -2.33. The second-order valence-electron chi connectivity index (χ2n) is 6.20. The van der Waals surface area contributed by atoms with Crippen molar-refractivity contribution in [2.75, 3.05) is 24.5 Å². The van der Waals surface area contributed by atoms with Gasteiger partial charge >= 0.3 is 0 Å². The third-order valence-electron chi connectivity index (χ3n) is 4.66. The Kier molecular flexibility index (Phi) is 4.58. The summed E-state index contributed by atoms with van der Waals surface area (Å²) < 4.78 is 0. The molecule has 2 fully saturated rings. The largest absolute Gasteiger partial charge is 0.393 e. The standard InChI is InChI=1S/C15H25N3OS/c1-11-10-20-15(17-11)18-7-5-13(6-8-18)16-9-12-3-2-4-14(12)19/h10,12-14,16,19H,2-9H2,1H3. The third-order valence-corrected chi connectivity index (χ3v) is 5.68. The minimum atomic E-state index is -0.0686. The van der Waals surface area contributed by atoms with Gasteiger partial charge in [-0.15, -0.1) is 11.3 Å². The number of aryl methyl sites for hydroxylation is 1. The van der Waals surface area contributed by atoms with Gasteiger partial charge < -0.3 is 15.3 Å². The van der Waals surface area contributed by atoms with Crippen LogP contribution < -0.4 is 10.2 Å². The summed E-state index contributed by atoms with van der Waals surface area (Å²) in [5.74, 6) is 0.481. The van der Waals surface area contributed by atoms with E-state index in [0.29, 0.717) is 12.0 Å². The molecule has 0 amide bonds. The lowest BCUT2D eigenvalue weighted by molar-refractivity contribution is 0.129. The summed E-state index contributed by atoms with van der Waals surface area (Å²) in [6, 6.07) is 0.611. The average molecular weight is 295 g/mol. The van der Waals surface area contributed by atoms with Crippen LogP contribution in [-0.2, 0) is 0 Å². The number of nitrogens with one attached hydrogen (secondary N) is 1. The third kappa shape index (κ3) is 3.32. The Labute approximate surface area is 125 Å². The highest BCUT2D eigenvalue weighted by atomic mass is 32.1. The van der Waals surface area contributed by atoms with Crippen molar-refractivity contribution in [3.8, 4) is 0 Å². The van der Waals surface area contributed by atoms with Crippen LogP contribution in [0.5, 0.6) is 0 Å². The monoisotopic (exact) mass is 295 g/mol. The summed E-state index contributed by atoms with van der Waals surface area (Å²) in [6.45, 7) is 5.24. The maximum Gasteiger partial charge on any atom is 0.185 e. The van der Waals surface area contributed by atoms with Gasteiger partial charge in [0.1, 0.15) is 0 Å². The maximum absolute atomic E-state index is 9.86. The first-order valence-corrected chi connectivity index (χ1v) is 8.69. The van der Waals surface area contributed by atoms with Crippen LogP contribution in [0, 0.1) is 12.8 Å². The van der Waals surface area contributed by atoms with E-state index in [1.165, 1.54) is 30.8 Å². The van der Waals surface area contributed by atoms with Gasteiger partial charge in [0.25, 0.3) is 0 Å². The minimum Gasteiger partial charge on any atom is -0.393 e. The number of piperidine rings is 1. The van der Waals surface area contributed by atoms with Crippen LogP contribution in [-0.4, -0.2) is 41.9 Å². The first kappa shape index (κ1) is 14.3. The number of hydrogen-bond acceptors (Lipinski definition) is 5. The van der Waals surface area contributed by atoms with Gasteiger partial charge in [0.15, 0.2) is 5.13 Å². The van der Waals surface area contributed by atoms with Crippen molar-refractivity contribution >= 4 is 16.5 Å². The second kappa shape index (κ2) is 6.41. The lowest BCUT2D eigenvalue weighted by atomic mass is 10.0. The van der Waals surface area contributed by atoms with Crippen molar-refractivity contribution in [3.63, 3.8) is 0 Å². The fourth-order valence-corrected chi connectivity index (χ4v) is 4.19. The molecule has 1 saturated heterocycles. The number of aliphatic hydroxyl groups is 1. The van der Waals surface area contributed by atoms with E-state index in [1.54, 1.807) is 11.3 Å². The van der Waals surface area contributed by atoms with Gasteiger partial charge in [-0.1, -0.05) is 6.42 Å². The van der Waals surface area contributed by atoms with Crippen molar-refractivity contribution in [1.82, 2.24) is 10.3 Å². The highest BCUT2D eigenvalue weighted by Gasteiger charge is 2.27. The lowest BCUT2D eigenvalue weighted by Crippen LogP contribution is -2.44. The van der Waals surface area contributed by atoms with Crippen LogP contribution in [0.4, 0.5) is 5.13 Å². The fourth-order valence-electron chi connectivity index (χ4n) is 3.34.